The molecule has 3 heterocycles. The van der Waals surface area contributed by atoms with Crippen LogP contribution in [0.4, 0.5) is 0 Å². The van der Waals surface area contributed by atoms with Crippen LogP contribution >= 0.6 is 11.3 Å². The molecule has 1 aliphatic heterocycles. The summed E-state index contributed by atoms with van der Waals surface area (Å²) in [6.45, 7) is 4.92. The van der Waals surface area contributed by atoms with Gasteiger partial charge in [0.25, 0.3) is 5.89 Å². The van der Waals surface area contributed by atoms with Gasteiger partial charge in [0.15, 0.2) is 5.82 Å². The number of ether oxygens (including phenoxy) is 1. The van der Waals surface area contributed by atoms with Crippen molar-refractivity contribution in [3.8, 4) is 16.5 Å². The van der Waals surface area contributed by atoms with Gasteiger partial charge >= 0.3 is 0 Å². The van der Waals surface area contributed by atoms with Crippen LogP contribution in [0, 0.1) is 0 Å². The van der Waals surface area contributed by atoms with Crippen LogP contribution in [0.5, 0.6) is 5.75 Å². The van der Waals surface area contributed by atoms with Gasteiger partial charge in [0.05, 0.1) is 23.7 Å². The molecule has 3 aromatic rings. The number of hydrogen-bond donors (Lipinski definition) is 0. The van der Waals surface area contributed by atoms with E-state index < -0.39 is 0 Å². The van der Waals surface area contributed by atoms with Crippen LogP contribution in [0.1, 0.15) is 48.5 Å². The number of hydrogen-bond acceptors (Lipinski definition) is 6. The quantitative estimate of drug-likeness (QED) is 0.720. The number of thiazole rings is 1. The van der Waals surface area contributed by atoms with Gasteiger partial charge in [-0.1, -0.05) is 37.2 Å². The maximum atomic E-state index is 5.70. The van der Waals surface area contributed by atoms with Gasteiger partial charge in [0, 0.05) is 11.5 Å². The number of aromatic nitrogens is 3. The zero-order chi connectivity index (χ0) is 15.8. The van der Waals surface area contributed by atoms with Crippen LogP contribution in [0.2, 0.25) is 0 Å². The fourth-order valence-electron chi connectivity index (χ4n) is 2.74. The van der Waals surface area contributed by atoms with Gasteiger partial charge in [-0.25, -0.2) is 4.98 Å². The summed E-state index contributed by atoms with van der Waals surface area (Å²) in [6.07, 6.45) is 2.67. The molecule has 0 saturated carbocycles. The zero-order valence-corrected chi connectivity index (χ0v) is 13.8. The highest BCUT2D eigenvalue weighted by molar-refractivity contribution is 7.15. The molecule has 23 heavy (non-hydrogen) atoms. The van der Waals surface area contributed by atoms with Crippen LogP contribution in [-0.2, 0) is 0 Å². The second-order valence-electron chi connectivity index (χ2n) is 5.90. The van der Waals surface area contributed by atoms with Crippen molar-refractivity contribution in [1.82, 2.24) is 15.1 Å². The molecule has 5 nitrogen and oxygen atoms in total. The number of benzene rings is 1. The highest BCUT2D eigenvalue weighted by Gasteiger charge is 2.27. The van der Waals surface area contributed by atoms with Crippen LogP contribution < -0.4 is 4.74 Å². The lowest BCUT2D eigenvalue weighted by molar-refractivity contribution is 0.272. The van der Waals surface area contributed by atoms with E-state index in [1.165, 1.54) is 0 Å². The smallest absolute Gasteiger partial charge is 0.269 e. The molecule has 0 N–H and O–H groups in total. The minimum Gasteiger partial charge on any atom is -0.493 e. The summed E-state index contributed by atoms with van der Waals surface area (Å²) in [6, 6.07) is 8.05. The first-order valence-electron chi connectivity index (χ1n) is 7.74. The van der Waals surface area contributed by atoms with E-state index in [2.05, 4.69) is 35.0 Å². The Labute approximate surface area is 138 Å². The summed E-state index contributed by atoms with van der Waals surface area (Å²) < 4.78 is 11.2. The van der Waals surface area contributed by atoms with Crippen molar-refractivity contribution in [2.75, 3.05) is 6.61 Å². The minimum absolute atomic E-state index is 0.120. The standard InChI is InChI=1S/C17H17N3O2S/c1-10(2)17-18-9-14(23-17)16-19-15(20-22-16)12-7-8-21-13-6-4-3-5-11(12)13/h3-6,9-10,12H,7-8H2,1-2H3. The van der Waals surface area contributed by atoms with Crippen molar-refractivity contribution < 1.29 is 9.26 Å². The Morgan fingerprint density at radius 2 is 2.13 bits per heavy atom. The van der Waals surface area contributed by atoms with E-state index in [9.17, 15) is 0 Å². The Kier molecular flexibility index (Phi) is 3.61. The van der Waals surface area contributed by atoms with E-state index in [-0.39, 0.29) is 5.92 Å². The molecule has 1 aliphatic rings. The van der Waals surface area contributed by atoms with Crippen molar-refractivity contribution in [1.29, 1.82) is 0 Å². The van der Waals surface area contributed by atoms with Gasteiger partial charge in [0.1, 0.15) is 10.6 Å². The lowest BCUT2D eigenvalue weighted by Crippen LogP contribution is -2.16. The average molecular weight is 327 g/mol. The predicted molar refractivity (Wildman–Crippen MR) is 87.9 cm³/mol. The first kappa shape index (κ1) is 14.4. The van der Waals surface area contributed by atoms with Gasteiger partial charge in [-0.2, -0.15) is 4.98 Å². The third-order valence-corrected chi connectivity index (χ3v) is 5.23. The van der Waals surface area contributed by atoms with Crippen LogP contribution in [0.25, 0.3) is 10.8 Å². The molecule has 0 amide bonds. The molecular weight excluding hydrogens is 310 g/mol. The molecule has 1 atom stereocenters. The Hall–Kier alpha value is -2.21. The van der Waals surface area contributed by atoms with Crippen LogP contribution in [0.3, 0.4) is 0 Å². The van der Waals surface area contributed by atoms with Gasteiger partial charge in [-0.15, -0.1) is 11.3 Å². The number of nitrogens with zero attached hydrogens (tertiary/aromatic N) is 3. The molecule has 2 aromatic heterocycles. The lowest BCUT2D eigenvalue weighted by Gasteiger charge is -2.23. The molecule has 1 aromatic carbocycles. The summed E-state index contributed by atoms with van der Waals surface area (Å²) in [5, 5.41) is 5.29. The SMILES string of the molecule is CC(C)c1ncc(-c2nc(C3CCOc4ccccc43)no2)s1. The summed E-state index contributed by atoms with van der Waals surface area (Å²) in [4.78, 5) is 9.96. The molecule has 0 saturated heterocycles. The Bertz CT molecular complexity index is 825. The summed E-state index contributed by atoms with van der Waals surface area (Å²) >= 11 is 1.61. The molecule has 0 aliphatic carbocycles. The van der Waals surface area contributed by atoms with Crippen molar-refractivity contribution in [2.45, 2.75) is 32.1 Å². The summed E-state index contributed by atoms with van der Waals surface area (Å²) in [5.74, 6) is 2.70. The van der Waals surface area contributed by atoms with Crippen molar-refractivity contribution in [3.05, 3.63) is 46.9 Å². The fraction of sp³-hybridized carbons (Fsp3) is 0.353. The molecular formula is C17H17N3O2S. The van der Waals surface area contributed by atoms with E-state index in [0.29, 0.717) is 18.4 Å². The van der Waals surface area contributed by atoms with Crippen molar-refractivity contribution in [3.63, 3.8) is 0 Å². The largest absolute Gasteiger partial charge is 0.493 e. The van der Waals surface area contributed by atoms with E-state index >= 15 is 0 Å². The highest BCUT2D eigenvalue weighted by Crippen LogP contribution is 2.37. The van der Waals surface area contributed by atoms with Gasteiger partial charge in [-0.05, 0) is 12.5 Å². The van der Waals surface area contributed by atoms with Crippen LogP contribution in [-0.4, -0.2) is 21.7 Å². The summed E-state index contributed by atoms with van der Waals surface area (Å²) in [7, 11) is 0. The first-order valence-corrected chi connectivity index (χ1v) is 8.55. The first-order chi connectivity index (χ1) is 11.2. The van der Waals surface area contributed by atoms with Gasteiger partial charge in [0.2, 0.25) is 0 Å². The topological polar surface area (TPSA) is 61.0 Å². The molecule has 118 valence electrons. The lowest BCUT2D eigenvalue weighted by atomic mass is 9.92. The van der Waals surface area contributed by atoms with E-state index in [4.69, 9.17) is 9.26 Å². The van der Waals surface area contributed by atoms with Crippen LogP contribution in [0.15, 0.2) is 35.0 Å². The minimum atomic E-state index is 0.120. The predicted octanol–water partition coefficient (Wildman–Crippen LogP) is 4.23. The highest BCUT2D eigenvalue weighted by atomic mass is 32.1. The number of fused-ring (bicyclic) bond motifs is 1. The molecule has 0 bridgehead atoms. The molecule has 4 rings (SSSR count). The Morgan fingerprint density at radius 3 is 2.96 bits per heavy atom. The molecule has 6 heteroatoms. The third kappa shape index (κ3) is 2.63. The second-order valence-corrected chi connectivity index (χ2v) is 6.96. The van der Waals surface area contributed by atoms with E-state index in [1.807, 2.05) is 24.4 Å². The number of rotatable bonds is 3. The Balaban J connectivity index is 1.66. The maximum Gasteiger partial charge on any atom is 0.269 e. The molecule has 0 fully saturated rings. The molecule has 1 unspecified atom stereocenters. The summed E-state index contributed by atoms with van der Waals surface area (Å²) in [5.41, 5.74) is 1.12. The average Bonchev–Trinajstić information content (AvgIpc) is 3.23. The van der Waals surface area contributed by atoms with Gasteiger partial charge in [-0.3, -0.25) is 0 Å². The molecule has 0 spiro atoms. The van der Waals surface area contributed by atoms with Crippen molar-refractivity contribution in [2.24, 2.45) is 0 Å². The molecule has 0 radical (unpaired) electrons. The maximum absolute atomic E-state index is 5.70. The zero-order valence-electron chi connectivity index (χ0n) is 13.0. The van der Waals surface area contributed by atoms with Gasteiger partial charge < -0.3 is 9.26 Å². The third-order valence-electron chi connectivity index (χ3n) is 3.94. The van der Waals surface area contributed by atoms with E-state index in [1.54, 1.807) is 11.3 Å². The Morgan fingerprint density at radius 1 is 1.26 bits per heavy atom. The fourth-order valence-corrected chi connectivity index (χ4v) is 3.58. The normalized spacial score (nSPS) is 17.1. The monoisotopic (exact) mass is 327 g/mol. The van der Waals surface area contributed by atoms with Crippen molar-refractivity contribution >= 4 is 11.3 Å². The number of para-hydroxylation sites is 1. The second kappa shape index (κ2) is 5.77. The van der Waals surface area contributed by atoms with E-state index in [0.717, 1.165) is 33.4 Å².